The molecule has 1 spiro atoms. The van der Waals surface area contributed by atoms with Gasteiger partial charge in [-0.2, -0.15) is 0 Å². The van der Waals surface area contributed by atoms with Crippen LogP contribution in [0.5, 0.6) is 0 Å². The number of hydrogen-bond donors (Lipinski definition) is 1. The molecule has 102 valence electrons. The van der Waals surface area contributed by atoms with Gasteiger partial charge in [-0.05, 0) is 25.0 Å². The van der Waals surface area contributed by atoms with Crippen LogP contribution in [0.1, 0.15) is 12.8 Å². The Bertz CT molecular complexity index is 504. The number of nitro benzene ring substituents is 1. The Morgan fingerprint density at radius 1 is 1.32 bits per heavy atom. The normalized spacial score (nSPS) is 21.2. The molecule has 0 amide bonds. The number of hydrogen-bond acceptors (Lipinski definition) is 5. The van der Waals surface area contributed by atoms with Gasteiger partial charge in [-0.25, -0.2) is 0 Å². The molecule has 0 bridgehead atoms. The van der Waals surface area contributed by atoms with Crippen LogP contribution >= 0.6 is 0 Å². The Hall–Kier alpha value is -1.82. The summed E-state index contributed by atoms with van der Waals surface area (Å²) in [5, 5.41) is 11.2. The van der Waals surface area contributed by atoms with Crippen LogP contribution in [0.2, 0.25) is 0 Å². The average Bonchev–Trinajstić information content (AvgIpc) is 2.36. The van der Waals surface area contributed by atoms with Gasteiger partial charge in [-0.3, -0.25) is 10.1 Å². The second-order valence-electron chi connectivity index (χ2n) is 5.45. The van der Waals surface area contributed by atoms with Crippen LogP contribution in [0.4, 0.5) is 17.1 Å². The molecule has 0 radical (unpaired) electrons. The zero-order valence-corrected chi connectivity index (χ0v) is 10.7. The summed E-state index contributed by atoms with van der Waals surface area (Å²) in [7, 11) is 0. The van der Waals surface area contributed by atoms with Gasteiger partial charge in [0.1, 0.15) is 11.4 Å². The quantitative estimate of drug-likeness (QED) is 0.500. The predicted octanol–water partition coefficient (Wildman–Crippen LogP) is 1.79. The SMILES string of the molecule is Nc1cccc(N2CCC3(CC2)COC3)c1[N+](=O)[O-]. The molecule has 19 heavy (non-hydrogen) atoms. The average molecular weight is 263 g/mol. The van der Waals surface area contributed by atoms with Gasteiger partial charge in [0.25, 0.3) is 0 Å². The molecule has 0 saturated carbocycles. The Morgan fingerprint density at radius 3 is 2.53 bits per heavy atom. The second-order valence-corrected chi connectivity index (χ2v) is 5.45. The zero-order valence-electron chi connectivity index (χ0n) is 10.7. The van der Waals surface area contributed by atoms with Crippen molar-refractivity contribution in [2.24, 2.45) is 5.41 Å². The van der Waals surface area contributed by atoms with E-state index in [0.29, 0.717) is 11.1 Å². The largest absolute Gasteiger partial charge is 0.393 e. The fourth-order valence-corrected chi connectivity index (χ4v) is 2.90. The molecule has 6 heteroatoms. The van der Waals surface area contributed by atoms with Crippen molar-refractivity contribution in [1.29, 1.82) is 0 Å². The number of nitro groups is 1. The molecular weight excluding hydrogens is 246 g/mol. The van der Waals surface area contributed by atoms with Gasteiger partial charge in [-0.1, -0.05) is 6.07 Å². The number of nitrogens with zero attached hydrogens (tertiary/aromatic N) is 2. The number of benzene rings is 1. The first-order valence-electron chi connectivity index (χ1n) is 6.47. The van der Waals surface area contributed by atoms with E-state index < -0.39 is 0 Å². The molecule has 0 aliphatic carbocycles. The highest BCUT2D eigenvalue weighted by molar-refractivity contribution is 5.75. The van der Waals surface area contributed by atoms with Gasteiger partial charge in [0.2, 0.25) is 0 Å². The van der Waals surface area contributed by atoms with Gasteiger partial charge in [0.15, 0.2) is 0 Å². The van der Waals surface area contributed by atoms with Gasteiger partial charge >= 0.3 is 5.69 Å². The second kappa shape index (κ2) is 4.38. The van der Waals surface area contributed by atoms with E-state index in [0.717, 1.165) is 39.1 Å². The summed E-state index contributed by atoms with van der Waals surface area (Å²) in [5.74, 6) is 0. The van der Waals surface area contributed by atoms with Crippen molar-refractivity contribution in [3.05, 3.63) is 28.3 Å². The summed E-state index contributed by atoms with van der Waals surface area (Å²) < 4.78 is 5.29. The lowest BCUT2D eigenvalue weighted by Gasteiger charge is -2.47. The van der Waals surface area contributed by atoms with Crippen LogP contribution in [0.3, 0.4) is 0 Å². The van der Waals surface area contributed by atoms with E-state index in [-0.39, 0.29) is 16.3 Å². The van der Waals surface area contributed by atoms with Crippen molar-refractivity contribution in [1.82, 2.24) is 0 Å². The molecule has 3 rings (SSSR count). The number of para-hydroxylation sites is 1. The molecule has 2 saturated heterocycles. The molecular formula is C13H17N3O3. The van der Waals surface area contributed by atoms with Gasteiger partial charge in [0.05, 0.1) is 18.1 Å². The maximum atomic E-state index is 11.2. The van der Waals surface area contributed by atoms with Crippen LogP contribution in [0.25, 0.3) is 0 Å². The lowest BCUT2D eigenvalue weighted by atomic mass is 9.77. The summed E-state index contributed by atoms with van der Waals surface area (Å²) in [6, 6.07) is 5.13. The summed E-state index contributed by atoms with van der Waals surface area (Å²) in [5.41, 5.74) is 6.96. The smallest absolute Gasteiger partial charge is 0.315 e. The van der Waals surface area contributed by atoms with Crippen LogP contribution < -0.4 is 10.6 Å². The minimum absolute atomic E-state index is 0.0308. The van der Waals surface area contributed by atoms with Crippen LogP contribution in [0, 0.1) is 15.5 Å². The van der Waals surface area contributed by atoms with Gasteiger partial charge in [0, 0.05) is 18.5 Å². The van der Waals surface area contributed by atoms with E-state index in [9.17, 15) is 10.1 Å². The number of anilines is 2. The molecule has 1 aromatic rings. The molecule has 2 aliphatic rings. The van der Waals surface area contributed by atoms with E-state index in [2.05, 4.69) is 4.90 Å². The van der Waals surface area contributed by atoms with Crippen LogP contribution in [-0.2, 0) is 4.74 Å². The first-order valence-corrected chi connectivity index (χ1v) is 6.47. The molecule has 0 atom stereocenters. The Balaban J connectivity index is 1.83. The van der Waals surface area contributed by atoms with E-state index >= 15 is 0 Å². The summed E-state index contributed by atoms with van der Waals surface area (Å²) >= 11 is 0. The summed E-state index contributed by atoms with van der Waals surface area (Å²) in [6.45, 7) is 3.32. The Labute approximate surface area is 111 Å². The fraction of sp³-hybridized carbons (Fsp3) is 0.538. The molecule has 6 nitrogen and oxygen atoms in total. The van der Waals surface area contributed by atoms with Crippen LogP contribution in [-0.4, -0.2) is 31.2 Å². The summed E-state index contributed by atoms with van der Waals surface area (Å²) in [4.78, 5) is 12.8. The third kappa shape index (κ3) is 2.02. The third-order valence-electron chi connectivity index (χ3n) is 4.21. The van der Waals surface area contributed by atoms with Crippen molar-refractivity contribution in [3.8, 4) is 0 Å². The van der Waals surface area contributed by atoms with Gasteiger partial charge < -0.3 is 15.4 Å². The minimum Gasteiger partial charge on any atom is -0.393 e. The molecule has 1 aromatic carbocycles. The van der Waals surface area contributed by atoms with E-state index in [1.807, 2.05) is 0 Å². The molecule has 2 heterocycles. The first-order chi connectivity index (χ1) is 9.11. The van der Waals surface area contributed by atoms with E-state index in [1.165, 1.54) is 0 Å². The maximum absolute atomic E-state index is 11.2. The summed E-state index contributed by atoms with van der Waals surface area (Å²) in [6.07, 6.45) is 2.05. The number of rotatable bonds is 2. The van der Waals surface area contributed by atoms with Gasteiger partial charge in [-0.15, -0.1) is 0 Å². The van der Waals surface area contributed by atoms with Crippen molar-refractivity contribution < 1.29 is 9.66 Å². The topological polar surface area (TPSA) is 81.6 Å². The molecule has 2 fully saturated rings. The van der Waals surface area contributed by atoms with Crippen LogP contribution in [0.15, 0.2) is 18.2 Å². The molecule has 2 N–H and O–H groups in total. The predicted molar refractivity (Wildman–Crippen MR) is 72.2 cm³/mol. The van der Waals surface area contributed by atoms with E-state index in [4.69, 9.17) is 10.5 Å². The minimum atomic E-state index is -0.387. The van der Waals surface area contributed by atoms with E-state index in [1.54, 1.807) is 18.2 Å². The Kier molecular flexibility index (Phi) is 2.82. The van der Waals surface area contributed by atoms with Crippen molar-refractivity contribution in [2.75, 3.05) is 36.9 Å². The molecule has 0 unspecified atom stereocenters. The highest BCUT2D eigenvalue weighted by atomic mass is 16.6. The lowest BCUT2D eigenvalue weighted by Crippen LogP contribution is -2.51. The van der Waals surface area contributed by atoms with Crippen molar-refractivity contribution in [3.63, 3.8) is 0 Å². The standard InChI is InChI=1S/C13H17N3O3/c14-10-2-1-3-11(12(10)16(17)18)15-6-4-13(5-7-15)8-19-9-13/h1-3H,4-9,14H2. The molecule has 0 aromatic heterocycles. The highest BCUT2D eigenvalue weighted by Gasteiger charge is 2.42. The van der Waals surface area contributed by atoms with Crippen molar-refractivity contribution >= 4 is 17.1 Å². The highest BCUT2D eigenvalue weighted by Crippen LogP contribution is 2.42. The Morgan fingerprint density at radius 2 is 2.00 bits per heavy atom. The monoisotopic (exact) mass is 263 g/mol. The third-order valence-corrected chi connectivity index (χ3v) is 4.21. The molecule has 2 aliphatic heterocycles. The number of piperidine rings is 1. The fourth-order valence-electron chi connectivity index (χ4n) is 2.90. The number of nitrogens with two attached hydrogens (primary N) is 1. The lowest BCUT2D eigenvalue weighted by molar-refractivity contribution is -0.383. The van der Waals surface area contributed by atoms with Crippen molar-refractivity contribution in [2.45, 2.75) is 12.8 Å². The first kappa shape index (κ1) is 12.2. The maximum Gasteiger partial charge on any atom is 0.315 e. The number of nitrogen functional groups attached to an aromatic ring is 1. The zero-order chi connectivity index (χ0) is 13.5. The number of ether oxygens (including phenoxy) is 1.